The number of halogens is 3. The number of rotatable bonds is 3. The first-order valence-electron chi connectivity index (χ1n) is 4.78. The molecule has 0 radical (unpaired) electrons. The summed E-state index contributed by atoms with van der Waals surface area (Å²) in [6.07, 6.45) is -3.24. The van der Waals surface area contributed by atoms with E-state index in [0.29, 0.717) is 17.5 Å². The maximum absolute atomic E-state index is 12.1. The lowest BCUT2D eigenvalue weighted by molar-refractivity contribution is -0.275. The molecule has 0 saturated carbocycles. The molecule has 0 bridgehead atoms. The van der Waals surface area contributed by atoms with Crippen LogP contribution >= 0.6 is 0 Å². The lowest BCUT2D eigenvalue weighted by Gasteiger charge is -2.15. The highest BCUT2D eigenvalue weighted by Crippen LogP contribution is 2.30. The van der Waals surface area contributed by atoms with E-state index in [0.717, 1.165) is 6.42 Å². The van der Waals surface area contributed by atoms with Crippen molar-refractivity contribution < 1.29 is 17.9 Å². The first-order valence-corrected chi connectivity index (χ1v) is 4.78. The molecule has 1 rings (SSSR count). The van der Waals surface area contributed by atoms with Crippen LogP contribution in [-0.4, -0.2) is 6.36 Å². The Bertz CT molecular complexity index is 331. The van der Waals surface area contributed by atoms with Gasteiger partial charge in [0.25, 0.3) is 0 Å². The van der Waals surface area contributed by atoms with Crippen molar-refractivity contribution in [2.75, 3.05) is 0 Å². The zero-order valence-corrected chi connectivity index (χ0v) is 8.69. The number of hydrogen-bond donors (Lipinski definition) is 0. The molecule has 0 atom stereocenters. The molecule has 0 N–H and O–H groups in total. The molecule has 0 unspecified atom stereocenters. The lowest BCUT2D eigenvalue weighted by Crippen LogP contribution is -2.18. The summed E-state index contributed by atoms with van der Waals surface area (Å²) in [6.45, 7) is 3.53. The van der Waals surface area contributed by atoms with E-state index in [1.54, 1.807) is 25.1 Å². The highest BCUT2D eigenvalue weighted by atomic mass is 19.4. The second kappa shape index (κ2) is 4.55. The topological polar surface area (TPSA) is 9.23 Å². The molecule has 0 aliphatic heterocycles. The maximum atomic E-state index is 12.1. The van der Waals surface area contributed by atoms with Crippen LogP contribution in [-0.2, 0) is 6.42 Å². The summed E-state index contributed by atoms with van der Waals surface area (Å²) >= 11 is 0. The third-order valence-electron chi connectivity index (χ3n) is 2.03. The Morgan fingerprint density at radius 2 is 1.93 bits per heavy atom. The number of hydrogen-bond acceptors (Lipinski definition) is 1. The van der Waals surface area contributed by atoms with Crippen LogP contribution in [0.1, 0.15) is 24.5 Å². The summed E-state index contributed by atoms with van der Waals surface area (Å²) in [5, 5.41) is 0. The van der Waals surface area contributed by atoms with Gasteiger partial charge in [0.05, 0.1) is 0 Å². The standard InChI is InChI=1S/C11H13F3O/c1-3-5-9-7-4-6-8(2)10(9)15-11(12,13)14/h4,6-7H,3,5H2,1-2H3. The van der Waals surface area contributed by atoms with Crippen molar-refractivity contribution in [1.29, 1.82) is 0 Å². The summed E-state index contributed by atoms with van der Waals surface area (Å²) in [5.74, 6) is -0.0492. The monoisotopic (exact) mass is 218 g/mol. The molecule has 0 saturated heterocycles. The summed E-state index contributed by atoms with van der Waals surface area (Å²) < 4.78 is 40.4. The minimum atomic E-state index is -4.62. The summed E-state index contributed by atoms with van der Waals surface area (Å²) in [7, 11) is 0. The van der Waals surface area contributed by atoms with Crippen LogP contribution in [0, 0.1) is 6.92 Å². The molecule has 0 amide bonds. The molecule has 0 aliphatic carbocycles. The quantitative estimate of drug-likeness (QED) is 0.748. The molecule has 0 fully saturated rings. The van der Waals surface area contributed by atoms with E-state index in [4.69, 9.17) is 0 Å². The van der Waals surface area contributed by atoms with Gasteiger partial charge in [0.2, 0.25) is 0 Å². The largest absolute Gasteiger partial charge is 0.573 e. The molecule has 1 aromatic rings. The van der Waals surface area contributed by atoms with Crippen molar-refractivity contribution in [3.05, 3.63) is 29.3 Å². The Balaban J connectivity index is 3.02. The van der Waals surface area contributed by atoms with E-state index in [-0.39, 0.29) is 5.75 Å². The van der Waals surface area contributed by atoms with E-state index < -0.39 is 6.36 Å². The van der Waals surface area contributed by atoms with E-state index in [1.165, 1.54) is 0 Å². The summed E-state index contributed by atoms with van der Waals surface area (Å²) in [4.78, 5) is 0. The number of alkyl halides is 3. The van der Waals surface area contributed by atoms with Gasteiger partial charge in [0.1, 0.15) is 5.75 Å². The SMILES string of the molecule is CCCc1cccc(C)c1OC(F)(F)F. The average Bonchev–Trinajstić information content (AvgIpc) is 2.10. The fourth-order valence-electron chi connectivity index (χ4n) is 1.44. The first kappa shape index (κ1) is 11.9. The number of ether oxygens (including phenoxy) is 1. The highest BCUT2D eigenvalue weighted by Gasteiger charge is 2.32. The Kier molecular flexibility index (Phi) is 3.61. The van der Waals surface area contributed by atoms with Crippen molar-refractivity contribution >= 4 is 0 Å². The lowest BCUT2D eigenvalue weighted by atomic mass is 10.1. The van der Waals surface area contributed by atoms with Crippen LogP contribution in [0.2, 0.25) is 0 Å². The van der Waals surface area contributed by atoms with Gasteiger partial charge in [0, 0.05) is 0 Å². The van der Waals surface area contributed by atoms with Crippen molar-refractivity contribution in [1.82, 2.24) is 0 Å². The van der Waals surface area contributed by atoms with Crippen molar-refractivity contribution in [3.8, 4) is 5.75 Å². The van der Waals surface area contributed by atoms with Gasteiger partial charge in [-0.15, -0.1) is 13.2 Å². The molecule has 0 aromatic heterocycles. The number of benzene rings is 1. The smallest absolute Gasteiger partial charge is 0.405 e. The normalized spacial score (nSPS) is 11.5. The van der Waals surface area contributed by atoms with Gasteiger partial charge in [-0.3, -0.25) is 0 Å². The van der Waals surface area contributed by atoms with Gasteiger partial charge < -0.3 is 4.74 Å². The number of aryl methyl sites for hydroxylation is 2. The zero-order chi connectivity index (χ0) is 11.5. The van der Waals surface area contributed by atoms with Crippen LogP contribution in [0.5, 0.6) is 5.75 Å². The second-order valence-corrected chi connectivity index (χ2v) is 3.36. The van der Waals surface area contributed by atoms with Gasteiger partial charge >= 0.3 is 6.36 Å². The van der Waals surface area contributed by atoms with Gasteiger partial charge in [0.15, 0.2) is 0 Å². The minimum Gasteiger partial charge on any atom is -0.405 e. The van der Waals surface area contributed by atoms with Gasteiger partial charge in [-0.05, 0) is 24.5 Å². The van der Waals surface area contributed by atoms with Crippen LogP contribution in [0.4, 0.5) is 13.2 Å². The molecule has 4 heteroatoms. The Labute approximate surface area is 86.9 Å². The molecule has 15 heavy (non-hydrogen) atoms. The van der Waals surface area contributed by atoms with Gasteiger partial charge in [-0.1, -0.05) is 31.5 Å². The zero-order valence-electron chi connectivity index (χ0n) is 8.69. The third-order valence-corrected chi connectivity index (χ3v) is 2.03. The van der Waals surface area contributed by atoms with Crippen molar-refractivity contribution in [3.63, 3.8) is 0 Å². The van der Waals surface area contributed by atoms with E-state index in [2.05, 4.69) is 4.74 Å². The van der Waals surface area contributed by atoms with Crippen molar-refractivity contribution in [2.45, 2.75) is 33.1 Å². The van der Waals surface area contributed by atoms with Crippen molar-refractivity contribution in [2.24, 2.45) is 0 Å². The fourth-order valence-corrected chi connectivity index (χ4v) is 1.44. The first-order chi connectivity index (χ1) is 6.94. The molecule has 0 spiro atoms. The minimum absolute atomic E-state index is 0.0492. The molecule has 1 nitrogen and oxygen atoms in total. The fraction of sp³-hybridized carbons (Fsp3) is 0.455. The maximum Gasteiger partial charge on any atom is 0.573 e. The van der Waals surface area contributed by atoms with Gasteiger partial charge in [-0.2, -0.15) is 0 Å². The Morgan fingerprint density at radius 3 is 2.47 bits per heavy atom. The molecule has 0 aliphatic rings. The van der Waals surface area contributed by atoms with Crippen LogP contribution < -0.4 is 4.74 Å². The van der Waals surface area contributed by atoms with Crippen LogP contribution in [0.15, 0.2) is 18.2 Å². The molecular formula is C11H13F3O. The molecular weight excluding hydrogens is 205 g/mol. The van der Waals surface area contributed by atoms with Crippen LogP contribution in [0.25, 0.3) is 0 Å². The van der Waals surface area contributed by atoms with Crippen LogP contribution in [0.3, 0.4) is 0 Å². The summed E-state index contributed by atoms with van der Waals surface area (Å²) in [5.41, 5.74) is 1.12. The third kappa shape index (κ3) is 3.46. The molecule has 84 valence electrons. The number of para-hydroxylation sites is 1. The summed E-state index contributed by atoms with van der Waals surface area (Å²) in [6, 6.07) is 5.02. The molecule has 1 aromatic carbocycles. The highest BCUT2D eigenvalue weighted by molar-refractivity contribution is 5.40. The van der Waals surface area contributed by atoms with E-state index in [9.17, 15) is 13.2 Å². The Morgan fingerprint density at radius 1 is 1.27 bits per heavy atom. The molecule has 0 heterocycles. The second-order valence-electron chi connectivity index (χ2n) is 3.36. The van der Waals surface area contributed by atoms with E-state index in [1.807, 2.05) is 6.92 Å². The predicted octanol–water partition coefficient (Wildman–Crippen LogP) is 3.85. The van der Waals surface area contributed by atoms with E-state index >= 15 is 0 Å². The predicted molar refractivity (Wildman–Crippen MR) is 51.9 cm³/mol. The Hall–Kier alpha value is -1.19. The average molecular weight is 218 g/mol. The van der Waals surface area contributed by atoms with Gasteiger partial charge in [-0.25, -0.2) is 0 Å².